The Morgan fingerprint density at radius 3 is 2.73 bits per heavy atom. The van der Waals surface area contributed by atoms with Crippen molar-refractivity contribution in [3.05, 3.63) is 93.1 Å². The van der Waals surface area contributed by atoms with Gasteiger partial charge >= 0.3 is 0 Å². The zero-order valence-corrected chi connectivity index (χ0v) is 15.9. The monoisotopic (exact) mass is 425 g/mol. The summed E-state index contributed by atoms with van der Waals surface area (Å²) in [5.41, 5.74) is 2.37. The van der Waals surface area contributed by atoms with Gasteiger partial charge in [0.05, 0.1) is 10.6 Å². The number of amidine groups is 2. The second-order valence-corrected chi connectivity index (χ2v) is 7.11. The number of amides is 1. The fourth-order valence-corrected chi connectivity index (χ4v) is 3.48. The van der Waals surface area contributed by atoms with Gasteiger partial charge in [-0.3, -0.25) is 4.79 Å². The van der Waals surface area contributed by atoms with Crippen LogP contribution in [0.1, 0.15) is 21.5 Å². The molecule has 0 unspecified atom stereocenters. The van der Waals surface area contributed by atoms with E-state index in [1.165, 1.54) is 0 Å². The molecule has 0 aromatic heterocycles. The molecule has 2 aromatic carbocycles. The van der Waals surface area contributed by atoms with Gasteiger partial charge in [0, 0.05) is 22.8 Å². The lowest BCUT2D eigenvalue weighted by molar-refractivity contribution is 0.100. The van der Waals surface area contributed by atoms with Crippen molar-refractivity contribution in [1.29, 1.82) is 0 Å². The summed E-state index contributed by atoms with van der Waals surface area (Å²) in [6, 6.07) is 15.0. The van der Waals surface area contributed by atoms with Crippen LogP contribution in [0.25, 0.3) is 0 Å². The molecule has 0 fully saturated rings. The van der Waals surface area contributed by atoms with E-state index >= 15 is 0 Å². The molecule has 0 aliphatic carbocycles. The molecule has 128 valence electrons. The molecule has 2 aliphatic rings. The van der Waals surface area contributed by atoms with Crippen LogP contribution in [0, 0.1) is 0 Å². The second-order valence-electron chi connectivity index (χ2n) is 5.82. The van der Waals surface area contributed by atoms with E-state index in [1.54, 1.807) is 12.1 Å². The molecule has 2 aliphatic heterocycles. The summed E-state index contributed by atoms with van der Waals surface area (Å²) in [6.45, 7) is 0.609. The highest BCUT2D eigenvalue weighted by Gasteiger charge is 2.22. The van der Waals surface area contributed by atoms with Crippen LogP contribution < -0.4 is 0 Å². The molecule has 2 heterocycles. The van der Waals surface area contributed by atoms with E-state index in [1.807, 2.05) is 59.6 Å². The topological polar surface area (TPSA) is 45.0 Å². The Hall–Kier alpha value is -2.50. The van der Waals surface area contributed by atoms with Crippen molar-refractivity contribution in [1.82, 2.24) is 4.90 Å². The Labute approximate surface area is 164 Å². The smallest absolute Gasteiger partial charge is 0.280 e. The predicted octanol–water partition coefficient (Wildman–Crippen LogP) is 4.90. The quantitative estimate of drug-likeness (QED) is 0.651. The highest BCUT2D eigenvalue weighted by atomic mass is 79.9. The molecule has 0 saturated heterocycles. The summed E-state index contributed by atoms with van der Waals surface area (Å²) in [6.07, 6.45) is 5.43. The molecule has 6 heteroatoms. The Morgan fingerprint density at radius 1 is 1.12 bits per heavy atom. The van der Waals surface area contributed by atoms with E-state index in [-0.39, 0.29) is 5.91 Å². The van der Waals surface area contributed by atoms with E-state index < -0.39 is 0 Å². The average Bonchev–Trinajstić information content (AvgIpc) is 2.78. The highest BCUT2D eigenvalue weighted by Crippen LogP contribution is 2.24. The predicted molar refractivity (Wildman–Crippen MR) is 108 cm³/mol. The highest BCUT2D eigenvalue weighted by molar-refractivity contribution is 9.10. The summed E-state index contributed by atoms with van der Waals surface area (Å²) < 4.78 is 0.706. The lowest BCUT2D eigenvalue weighted by Crippen LogP contribution is -2.25. The maximum absolute atomic E-state index is 12.7. The maximum Gasteiger partial charge on any atom is 0.280 e. The normalized spacial score (nSPS) is 17.2. The van der Waals surface area contributed by atoms with E-state index in [9.17, 15) is 4.79 Å². The van der Waals surface area contributed by atoms with Gasteiger partial charge in [0.25, 0.3) is 5.91 Å². The molecule has 4 rings (SSSR count). The summed E-state index contributed by atoms with van der Waals surface area (Å²) >= 11 is 9.53. The fraction of sp³-hybridized carbons (Fsp3) is 0.0500. The maximum atomic E-state index is 12.7. The molecule has 0 saturated carbocycles. The third-order valence-corrected chi connectivity index (χ3v) is 5.01. The van der Waals surface area contributed by atoms with Crippen LogP contribution in [-0.2, 0) is 6.54 Å². The summed E-state index contributed by atoms with van der Waals surface area (Å²) in [5, 5.41) is 0.631. The molecule has 2 aromatic rings. The number of carbonyl (C=O) groups excluding carboxylic acids is 1. The van der Waals surface area contributed by atoms with Crippen LogP contribution in [0.4, 0.5) is 0 Å². The van der Waals surface area contributed by atoms with Gasteiger partial charge in [-0.15, -0.1) is 0 Å². The van der Waals surface area contributed by atoms with Crippen molar-refractivity contribution >= 4 is 45.1 Å². The van der Waals surface area contributed by atoms with Gasteiger partial charge in [0.2, 0.25) is 0 Å². The molecule has 1 amide bonds. The van der Waals surface area contributed by atoms with Crippen molar-refractivity contribution < 1.29 is 4.79 Å². The fourth-order valence-electron chi connectivity index (χ4n) is 2.84. The van der Waals surface area contributed by atoms with E-state index in [0.29, 0.717) is 33.3 Å². The number of halogens is 2. The van der Waals surface area contributed by atoms with Crippen molar-refractivity contribution in [2.45, 2.75) is 6.54 Å². The van der Waals surface area contributed by atoms with E-state index in [2.05, 4.69) is 25.9 Å². The molecule has 0 radical (unpaired) electrons. The van der Waals surface area contributed by atoms with Crippen LogP contribution >= 0.6 is 27.5 Å². The van der Waals surface area contributed by atoms with Gasteiger partial charge in [0.1, 0.15) is 5.84 Å². The van der Waals surface area contributed by atoms with Crippen LogP contribution in [0.5, 0.6) is 0 Å². The second kappa shape index (κ2) is 7.02. The molecule has 0 N–H and O–H groups in total. The lowest BCUT2D eigenvalue weighted by atomic mass is 10.1. The summed E-state index contributed by atoms with van der Waals surface area (Å²) in [7, 11) is 0. The molecule has 0 bridgehead atoms. The van der Waals surface area contributed by atoms with Crippen LogP contribution in [-0.4, -0.2) is 22.5 Å². The van der Waals surface area contributed by atoms with E-state index in [4.69, 9.17) is 11.6 Å². The standard InChI is InChI=1S/C20H13BrClN3O/c21-17-8-4-3-7-16(17)20(26)24-19-15-6-2-1-5-13(15)11-25-12-14(22)9-10-18(25)23-19/h1-10,12H,11H2. The first kappa shape index (κ1) is 16.9. The lowest BCUT2D eigenvalue weighted by Gasteiger charge is -2.21. The first-order valence-corrected chi connectivity index (χ1v) is 9.15. The Balaban J connectivity index is 1.83. The first-order valence-electron chi connectivity index (χ1n) is 7.98. The Bertz CT molecular complexity index is 1020. The third kappa shape index (κ3) is 3.28. The van der Waals surface area contributed by atoms with Gasteiger partial charge in [-0.1, -0.05) is 48.0 Å². The minimum absolute atomic E-state index is 0.339. The van der Waals surface area contributed by atoms with Crippen molar-refractivity contribution in [2.75, 3.05) is 0 Å². The van der Waals surface area contributed by atoms with Crippen LogP contribution in [0.2, 0.25) is 0 Å². The number of aliphatic imine (C=N–C) groups is 2. The molecular weight excluding hydrogens is 414 g/mol. The number of hydrogen-bond donors (Lipinski definition) is 0. The SMILES string of the molecule is O=C(N=C1N=C2C=CC(Cl)=CN2Cc2ccccc21)c1ccccc1Br. The number of nitrogens with zero attached hydrogens (tertiary/aromatic N) is 3. The van der Waals surface area contributed by atoms with Gasteiger partial charge in [0.15, 0.2) is 5.84 Å². The zero-order valence-electron chi connectivity index (χ0n) is 13.6. The zero-order chi connectivity index (χ0) is 18.1. The molecule has 0 spiro atoms. The van der Waals surface area contributed by atoms with Gasteiger partial charge in [-0.05, 0) is 45.8 Å². The van der Waals surface area contributed by atoms with Crippen molar-refractivity contribution in [3.8, 4) is 0 Å². The largest absolute Gasteiger partial charge is 0.327 e. The molecular formula is C20H13BrClN3O. The minimum Gasteiger partial charge on any atom is -0.327 e. The number of carbonyl (C=O) groups is 1. The number of fused-ring (bicyclic) bond motifs is 2. The van der Waals surface area contributed by atoms with Crippen molar-refractivity contribution in [2.24, 2.45) is 9.98 Å². The number of rotatable bonds is 1. The van der Waals surface area contributed by atoms with Crippen molar-refractivity contribution in [3.63, 3.8) is 0 Å². The number of benzene rings is 2. The van der Waals surface area contributed by atoms with Gasteiger partial charge < -0.3 is 4.90 Å². The van der Waals surface area contributed by atoms with Gasteiger partial charge in [-0.25, -0.2) is 4.99 Å². The number of allylic oxidation sites excluding steroid dienone is 2. The van der Waals surface area contributed by atoms with Crippen LogP contribution in [0.15, 0.2) is 86.4 Å². The first-order chi connectivity index (χ1) is 12.6. The van der Waals surface area contributed by atoms with E-state index in [0.717, 1.165) is 11.1 Å². The molecule has 26 heavy (non-hydrogen) atoms. The number of hydrogen-bond acceptors (Lipinski definition) is 2. The minimum atomic E-state index is -0.339. The summed E-state index contributed by atoms with van der Waals surface area (Å²) in [4.78, 5) is 23.6. The Kier molecular flexibility index (Phi) is 4.57. The molecule has 4 nitrogen and oxygen atoms in total. The van der Waals surface area contributed by atoms with Crippen LogP contribution in [0.3, 0.4) is 0 Å². The van der Waals surface area contributed by atoms with Gasteiger partial charge in [-0.2, -0.15) is 4.99 Å². The molecule has 0 atom stereocenters. The average molecular weight is 427 g/mol. The summed E-state index contributed by atoms with van der Waals surface area (Å²) in [5.74, 6) is 0.757. The third-order valence-electron chi connectivity index (χ3n) is 4.10. The Morgan fingerprint density at radius 2 is 1.88 bits per heavy atom.